The molecule has 2 rings (SSSR count). The van der Waals surface area contributed by atoms with Crippen LogP contribution in [0.2, 0.25) is 0 Å². The van der Waals surface area contributed by atoms with Gasteiger partial charge in [-0.05, 0) is 57.4 Å². The molecule has 1 aromatic rings. The number of benzene rings is 1. The van der Waals surface area contributed by atoms with E-state index in [0.717, 1.165) is 50.0 Å². The highest BCUT2D eigenvalue weighted by Gasteiger charge is 2.24. The Morgan fingerprint density at radius 2 is 1.70 bits per heavy atom. The van der Waals surface area contributed by atoms with Gasteiger partial charge in [-0.15, -0.1) is 0 Å². The number of carbonyl (C=O) groups excluding carboxylic acids is 2. The number of aryl methyl sites for hydroxylation is 1. The molecule has 0 saturated heterocycles. The summed E-state index contributed by atoms with van der Waals surface area (Å²) in [6.07, 6.45) is 6.75. The number of carbonyl (C=O) groups is 2. The molecule has 1 aromatic carbocycles. The Morgan fingerprint density at radius 1 is 1.07 bits per heavy atom. The average molecular weight is 374 g/mol. The molecule has 1 aliphatic carbocycles. The summed E-state index contributed by atoms with van der Waals surface area (Å²) in [4.78, 5) is 28.8. The van der Waals surface area contributed by atoms with E-state index < -0.39 is 0 Å². The van der Waals surface area contributed by atoms with Crippen LogP contribution in [0.25, 0.3) is 0 Å². The van der Waals surface area contributed by atoms with E-state index in [2.05, 4.69) is 30.1 Å². The number of amides is 2. The number of nitrogens with one attached hydrogen (secondary N) is 1. The normalized spacial score (nSPS) is 15.1. The topological polar surface area (TPSA) is 52.7 Å². The maximum Gasteiger partial charge on any atom is 0.244 e. The van der Waals surface area contributed by atoms with Crippen LogP contribution in [-0.4, -0.2) is 42.4 Å². The van der Waals surface area contributed by atoms with Gasteiger partial charge in [0.2, 0.25) is 11.8 Å². The lowest BCUT2D eigenvalue weighted by Crippen LogP contribution is -2.43. The van der Waals surface area contributed by atoms with Gasteiger partial charge in [-0.3, -0.25) is 9.59 Å². The summed E-state index contributed by atoms with van der Waals surface area (Å²) in [5, 5.41) is 3.00. The molecule has 0 unspecified atom stereocenters. The van der Waals surface area contributed by atoms with Gasteiger partial charge in [0.05, 0.1) is 0 Å². The van der Waals surface area contributed by atoms with Gasteiger partial charge in [-0.25, -0.2) is 0 Å². The number of anilines is 2. The fourth-order valence-corrected chi connectivity index (χ4v) is 3.99. The van der Waals surface area contributed by atoms with Crippen LogP contribution in [0.5, 0.6) is 0 Å². The summed E-state index contributed by atoms with van der Waals surface area (Å²) in [5.74, 6) is -0.126. The molecule has 1 N–H and O–H groups in total. The zero-order valence-corrected chi connectivity index (χ0v) is 17.4. The minimum atomic E-state index is -0.117. The first-order valence-electron chi connectivity index (χ1n) is 10.4. The first-order chi connectivity index (χ1) is 13.0. The van der Waals surface area contributed by atoms with Crippen LogP contribution in [-0.2, 0) is 9.59 Å². The lowest BCUT2D eigenvalue weighted by Gasteiger charge is -2.30. The Labute approximate surface area is 164 Å². The summed E-state index contributed by atoms with van der Waals surface area (Å²) in [6.45, 7) is 9.90. The molecule has 150 valence electrons. The SMILES string of the molecule is CCN(CC)c1ccc(NC(=O)CN(C(C)=O)C2CCCCCC2)c(C)c1. The zero-order valence-electron chi connectivity index (χ0n) is 17.4. The molecule has 2 amide bonds. The van der Waals surface area contributed by atoms with Crippen molar-refractivity contribution in [2.45, 2.75) is 72.3 Å². The highest BCUT2D eigenvalue weighted by atomic mass is 16.2. The van der Waals surface area contributed by atoms with E-state index in [0.29, 0.717) is 0 Å². The summed E-state index contributed by atoms with van der Waals surface area (Å²) >= 11 is 0. The summed E-state index contributed by atoms with van der Waals surface area (Å²) in [5.41, 5.74) is 3.02. The largest absolute Gasteiger partial charge is 0.372 e. The quantitative estimate of drug-likeness (QED) is 0.723. The summed E-state index contributed by atoms with van der Waals surface area (Å²) in [7, 11) is 0. The van der Waals surface area contributed by atoms with E-state index >= 15 is 0 Å². The van der Waals surface area contributed by atoms with Crippen molar-refractivity contribution in [3.05, 3.63) is 23.8 Å². The lowest BCUT2D eigenvalue weighted by molar-refractivity contribution is -0.135. The van der Waals surface area contributed by atoms with Crippen molar-refractivity contribution in [1.82, 2.24) is 4.90 Å². The molecule has 1 fully saturated rings. The van der Waals surface area contributed by atoms with E-state index in [1.807, 2.05) is 19.1 Å². The van der Waals surface area contributed by atoms with E-state index in [4.69, 9.17) is 0 Å². The van der Waals surface area contributed by atoms with Crippen molar-refractivity contribution in [2.75, 3.05) is 29.9 Å². The maximum atomic E-state index is 12.6. The molecule has 0 aliphatic heterocycles. The van der Waals surface area contributed by atoms with Crippen molar-refractivity contribution in [1.29, 1.82) is 0 Å². The summed E-state index contributed by atoms with van der Waals surface area (Å²) < 4.78 is 0. The Bertz CT molecular complexity index is 632. The van der Waals surface area contributed by atoms with E-state index in [-0.39, 0.29) is 24.4 Å². The first kappa shape index (κ1) is 21.3. The van der Waals surface area contributed by atoms with Crippen LogP contribution in [0.3, 0.4) is 0 Å². The minimum absolute atomic E-state index is 0.00865. The molecule has 0 aromatic heterocycles. The van der Waals surface area contributed by atoms with E-state index in [1.165, 1.54) is 18.5 Å². The second-order valence-electron chi connectivity index (χ2n) is 7.51. The van der Waals surface area contributed by atoms with E-state index in [9.17, 15) is 9.59 Å². The third kappa shape index (κ3) is 5.98. The van der Waals surface area contributed by atoms with Crippen LogP contribution in [0.4, 0.5) is 11.4 Å². The maximum absolute atomic E-state index is 12.6. The predicted octanol–water partition coefficient (Wildman–Crippen LogP) is 4.35. The molecule has 27 heavy (non-hydrogen) atoms. The molecule has 5 heteroatoms. The molecule has 0 spiro atoms. The number of hydrogen-bond acceptors (Lipinski definition) is 3. The second kappa shape index (κ2) is 10.3. The minimum Gasteiger partial charge on any atom is -0.372 e. The highest BCUT2D eigenvalue weighted by Crippen LogP contribution is 2.24. The van der Waals surface area contributed by atoms with Crippen molar-refractivity contribution >= 4 is 23.2 Å². The van der Waals surface area contributed by atoms with Gasteiger partial charge >= 0.3 is 0 Å². The molecule has 0 heterocycles. The van der Waals surface area contributed by atoms with Crippen LogP contribution in [0, 0.1) is 6.92 Å². The second-order valence-corrected chi connectivity index (χ2v) is 7.51. The molecule has 5 nitrogen and oxygen atoms in total. The van der Waals surface area contributed by atoms with Gasteiger partial charge < -0.3 is 15.1 Å². The monoisotopic (exact) mass is 373 g/mol. The Kier molecular flexibility index (Phi) is 8.14. The van der Waals surface area contributed by atoms with Gasteiger partial charge in [0.15, 0.2) is 0 Å². The van der Waals surface area contributed by atoms with Gasteiger partial charge in [0.1, 0.15) is 6.54 Å². The van der Waals surface area contributed by atoms with Gasteiger partial charge in [0, 0.05) is 37.4 Å². The average Bonchev–Trinajstić information content (AvgIpc) is 2.92. The van der Waals surface area contributed by atoms with Crippen molar-refractivity contribution in [3.8, 4) is 0 Å². The van der Waals surface area contributed by atoms with Gasteiger partial charge in [-0.1, -0.05) is 25.7 Å². The van der Waals surface area contributed by atoms with Crippen LogP contribution >= 0.6 is 0 Å². The fraction of sp³-hybridized carbons (Fsp3) is 0.636. The molecular weight excluding hydrogens is 338 g/mol. The number of hydrogen-bond donors (Lipinski definition) is 1. The van der Waals surface area contributed by atoms with Crippen LogP contribution in [0.15, 0.2) is 18.2 Å². The number of nitrogens with zero attached hydrogens (tertiary/aromatic N) is 2. The fourth-order valence-electron chi connectivity index (χ4n) is 3.99. The van der Waals surface area contributed by atoms with Crippen LogP contribution < -0.4 is 10.2 Å². The molecule has 1 aliphatic rings. The van der Waals surface area contributed by atoms with Gasteiger partial charge in [-0.2, -0.15) is 0 Å². The smallest absolute Gasteiger partial charge is 0.244 e. The summed E-state index contributed by atoms with van der Waals surface area (Å²) in [6, 6.07) is 6.31. The Balaban J connectivity index is 2.03. The molecule has 0 bridgehead atoms. The number of rotatable bonds is 7. The Morgan fingerprint density at radius 3 is 2.22 bits per heavy atom. The predicted molar refractivity (Wildman–Crippen MR) is 112 cm³/mol. The standard InChI is InChI=1S/C22H35N3O2/c1-5-24(6-2)20-13-14-21(17(3)15-20)23-22(27)16-25(18(4)26)19-11-9-7-8-10-12-19/h13-15,19H,5-12,16H2,1-4H3,(H,23,27). The lowest BCUT2D eigenvalue weighted by atomic mass is 10.1. The molecule has 0 radical (unpaired) electrons. The Hall–Kier alpha value is -2.04. The van der Waals surface area contributed by atoms with Crippen molar-refractivity contribution in [3.63, 3.8) is 0 Å². The van der Waals surface area contributed by atoms with Crippen molar-refractivity contribution in [2.24, 2.45) is 0 Å². The van der Waals surface area contributed by atoms with Crippen LogP contribution in [0.1, 0.15) is 64.9 Å². The third-order valence-electron chi connectivity index (χ3n) is 5.60. The third-order valence-corrected chi connectivity index (χ3v) is 5.60. The molecular formula is C22H35N3O2. The highest BCUT2D eigenvalue weighted by molar-refractivity contribution is 5.95. The molecule has 1 saturated carbocycles. The first-order valence-corrected chi connectivity index (χ1v) is 10.4. The zero-order chi connectivity index (χ0) is 19.8. The van der Waals surface area contributed by atoms with Gasteiger partial charge in [0.25, 0.3) is 0 Å². The van der Waals surface area contributed by atoms with Crippen molar-refractivity contribution < 1.29 is 9.59 Å². The molecule has 0 atom stereocenters. The van der Waals surface area contributed by atoms with E-state index in [1.54, 1.807) is 11.8 Å².